The minimum absolute atomic E-state index is 0.148. The summed E-state index contributed by atoms with van der Waals surface area (Å²) in [4.78, 5) is 2.34. The summed E-state index contributed by atoms with van der Waals surface area (Å²) >= 11 is 0. The topological polar surface area (TPSA) is 38.5 Å². The molecule has 3 heteroatoms. The van der Waals surface area contributed by atoms with Crippen LogP contribution in [0.3, 0.4) is 0 Å². The Balaban J connectivity index is 2.70. The van der Waals surface area contributed by atoms with Gasteiger partial charge in [0.05, 0.1) is 7.11 Å². The van der Waals surface area contributed by atoms with Crippen LogP contribution in [0.15, 0.2) is 24.3 Å². The van der Waals surface area contributed by atoms with Gasteiger partial charge in [-0.05, 0) is 43.6 Å². The Labute approximate surface area is 111 Å². The van der Waals surface area contributed by atoms with Crippen molar-refractivity contribution in [2.75, 3.05) is 27.2 Å². The average molecular weight is 250 g/mol. The van der Waals surface area contributed by atoms with Gasteiger partial charge in [-0.15, -0.1) is 0 Å². The predicted octanol–water partition coefficient (Wildman–Crippen LogP) is 2.67. The maximum absolute atomic E-state index is 5.79. The van der Waals surface area contributed by atoms with Crippen LogP contribution in [0.4, 0.5) is 0 Å². The molecule has 0 radical (unpaired) electrons. The summed E-state index contributed by atoms with van der Waals surface area (Å²) in [5.74, 6) is 0.899. The van der Waals surface area contributed by atoms with E-state index < -0.39 is 0 Å². The Hall–Kier alpha value is -1.06. The van der Waals surface area contributed by atoms with Gasteiger partial charge in [0.25, 0.3) is 0 Å². The van der Waals surface area contributed by atoms with Gasteiger partial charge in [0, 0.05) is 12.6 Å². The van der Waals surface area contributed by atoms with Crippen LogP contribution in [0.2, 0.25) is 0 Å². The lowest BCUT2D eigenvalue weighted by atomic mass is 9.92. The SMILES string of the molecule is COc1ccc(C(C)N(C)CC(C)(C)CN)cc1. The Bertz CT molecular complexity index is 359. The molecule has 0 aliphatic rings. The summed E-state index contributed by atoms with van der Waals surface area (Å²) < 4.78 is 5.18. The highest BCUT2D eigenvalue weighted by molar-refractivity contribution is 5.28. The predicted molar refractivity (Wildman–Crippen MR) is 76.9 cm³/mol. The monoisotopic (exact) mass is 250 g/mol. The maximum atomic E-state index is 5.79. The largest absolute Gasteiger partial charge is 0.497 e. The number of hydrogen-bond acceptors (Lipinski definition) is 3. The minimum Gasteiger partial charge on any atom is -0.497 e. The third-order valence-electron chi connectivity index (χ3n) is 3.49. The van der Waals surface area contributed by atoms with Crippen molar-refractivity contribution in [1.29, 1.82) is 0 Å². The third-order valence-corrected chi connectivity index (χ3v) is 3.49. The van der Waals surface area contributed by atoms with Crippen molar-refractivity contribution in [2.24, 2.45) is 11.1 Å². The lowest BCUT2D eigenvalue weighted by Crippen LogP contribution is -2.37. The second-order valence-electron chi connectivity index (χ2n) is 5.73. The van der Waals surface area contributed by atoms with Crippen LogP contribution in [0.25, 0.3) is 0 Å². The smallest absolute Gasteiger partial charge is 0.118 e. The summed E-state index contributed by atoms with van der Waals surface area (Å²) in [6, 6.07) is 8.63. The van der Waals surface area contributed by atoms with E-state index in [1.807, 2.05) is 12.1 Å². The molecule has 0 saturated carbocycles. The first-order valence-electron chi connectivity index (χ1n) is 6.44. The molecule has 1 rings (SSSR count). The molecule has 0 aliphatic heterocycles. The van der Waals surface area contributed by atoms with E-state index in [1.54, 1.807) is 7.11 Å². The number of benzene rings is 1. The van der Waals surface area contributed by atoms with Gasteiger partial charge < -0.3 is 10.5 Å². The highest BCUT2D eigenvalue weighted by atomic mass is 16.5. The Morgan fingerprint density at radius 2 is 1.83 bits per heavy atom. The molecule has 1 unspecified atom stereocenters. The maximum Gasteiger partial charge on any atom is 0.118 e. The molecule has 0 aromatic heterocycles. The van der Waals surface area contributed by atoms with Crippen LogP contribution < -0.4 is 10.5 Å². The Morgan fingerprint density at radius 3 is 2.28 bits per heavy atom. The molecule has 0 amide bonds. The standard InChI is InChI=1S/C15H26N2O/c1-12(17(4)11-15(2,3)10-16)13-6-8-14(18-5)9-7-13/h6-9,12H,10-11,16H2,1-5H3. The van der Waals surface area contributed by atoms with Gasteiger partial charge in [-0.25, -0.2) is 0 Å². The highest BCUT2D eigenvalue weighted by Gasteiger charge is 2.21. The van der Waals surface area contributed by atoms with E-state index in [1.165, 1.54) is 5.56 Å². The van der Waals surface area contributed by atoms with Crippen LogP contribution in [0, 0.1) is 5.41 Å². The van der Waals surface area contributed by atoms with Crippen LogP contribution in [0.1, 0.15) is 32.4 Å². The van der Waals surface area contributed by atoms with Gasteiger partial charge in [-0.1, -0.05) is 26.0 Å². The van der Waals surface area contributed by atoms with Crippen molar-refractivity contribution in [3.63, 3.8) is 0 Å². The minimum atomic E-state index is 0.148. The zero-order chi connectivity index (χ0) is 13.8. The molecular weight excluding hydrogens is 224 g/mol. The van der Waals surface area contributed by atoms with Crippen molar-refractivity contribution in [3.05, 3.63) is 29.8 Å². The molecule has 1 atom stereocenters. The van der Waals surface area contributed by atoms with E-state index >= 15 is 0 Å². The summed E-state index contributed by atoms with van der Waals surface area (Å²) in [5.41, 5.74) is 7.23. The molecule has 0 saturated heterocycles. The van der Waals surface area contributed by atoms with Crippen LogP contribution >= 0.6 is 0 Å². The van der Waals surface area contributed by atoms with E-state index in [2.05, 4.69) is 44.9 Å². The highest BCUT2D eigenvalue weighted by Crippen LogP contribution is 2.24. The van der Waals surface area contributed by atoms with E-state index in [4.69, 9.17) is 10.5 Å². The molecule has 0 fully saturated rings. The first-order valence-corrected chi connectivity index (χ1v) is 6.44. The number of ether oxygens (including phenoxy) is 1. The Morgan fingerprint density at radius 1 is 1.28 bits per heavy atom. The summed E-state index contributed by atoms with van der Waals surface area (Å²) in [7, 11) is 3.83. The van der Waals surface area contributed by atoms with Gasteiger partial charge in [0.1, 0.15) is 5.75 Å². The second-order valence-corrected chi connectivity index (χ2v) is 5.73. The number of hydrogen-bond donors (Lipinski definition) is 1. The first-order chi connectivity index (χ1) is 8.39. The fourth-order valence-corrected chi connectivity index (χ4v) is 2.01. The molecule has 1 aromatic rings. The Kier molecular flexibility index (Phi) is 5.17. The van der Waals surface area contributed by atoms with E-state index in [9.17, 15) is 0 Å². The third kappa shape index (κ3) is 4.00. The van der Waals surface area contributed by atoms with Gasteiger partial charge in [-0.2, -0.15) is 0 Å². The lowest BCUT2D eigenvalue weighted by molar-refractivity contribution is 0.174. The number of nitrogens with two attached hydrogens (primary N) is 1. The molecular formula is C15H26N2O. The zero-order valence-corrected chi connectivity index (χ0v) is 12.2. The number of nitrogens with zero attached hydrogens (tertiary/aromatic N) is 1. The molecule has 0 bridgehead atoms. The van der Waals surface area contributed by atoms with E-state index in [0.717, 1.165) is 12.3 Å². The normalized spacial score (nSPS) is 13.7. The van der Waals surface area contributed by atoms with Gasteiger partial charge >= 0.3 is 0 Å². The van der Waals surface area contributed by atoms with Gasteiger partial charge in [-0.3, -0.25) is 4.90 Å². The fraction of sp³-hybridized carbons (Fsp3) is 0.600. The second kappa shape index (κ2) is 6.21. The van der Waals surface area contributed by atoms with Gasteiger partial charge in [0.2, 0.25) is 0 Å². The summed E-state index contributed by atoms with van der Waals surface area (Å²) in [6.45, 7) is 8.30. The van der Waals surface area contributed by atoms with Crippen LogP contribution in [-0.2, 0) is 0 Å². The van der Waals surface area contributed by atoms with Crippen molar-refractivity contribution in [3.8, 4) is 5.75 Å². The fourth-order valence-electron chi connectivity index (χ4n) is 2.01. The molecule has 0 spiro atoms. The molecule has 3 nitrogen and oxygen atoms in total. The molecule has 102 valence electrons. The molecule has 2 N–H and O–H groups in total. The van der Waals surface area contributed by atoms with Crippen molar-refractivity contribution in [1.82, 2.24) is 4.90 Å². The van der Waals surface area contributed by atoms with Crippen molar-refractivity contribution < 1.29 is 4.74 Å². The van der Waals surface area contributed by atoms with Crippen LogP contribution in [-0.4, -0.2) is 32.1 Å². The van der Waals surface area contributed by atoms with Crippen molar-refractivity contribution in [2.45, 2.75) is 26.8 Å². The number of methoxy groups -OCH3 is 1. The van der Waals surface area contributed by atoms with Gasteiger partial charge in [0.15, 0.2) is 0 Å². The quantitative estimate of drug-likeness (QED) is 0.843. The molecule has 0 aliphatic carbocycles. The summed E-state index contributed by atoms with van der Waals surface area (Å²) in [5, 5.41) is 0. The molecule has 0 heterocycles. The summed E-state index contributed by atoms with van der Waals surface area (Å²) in [6.07, 6.45) is 0. The van der Waals surface area contributed by atoms with E-state index in [-0.39, 0.29) is 5.41 Å². The average Bonchev–Trinajstić information content (AvgIpc) is 2.37. The van der Waals surface area contributed by atoms with Crippen LogP contribution in [0.5, 0.6) is 5.75 Å². The van der Waals surface area contributed by atoms with E-state index in [0.29, 0.717) is 12.6 Å². The molecule has 18 heavy (non-hydrogen) atoms. The van der Waals surface area contributed by atoms with Crippen molar-refractivity contribution >= 4 is 0 Å². The lowest BCUT2D eigenvalue weighted by Gasteiger charge is -2.33. The number of rotatable bonds is 6. The zero-order valence-electron chi connectivity index (χ0n) is 12.2. The molecule has 1 aromatic carbocycles. The first kappa shape index (κ1) is 15.0.